The number of methoxy groups -OCH3 is 1. The molecule has 116 valence electrons. The third-order valence-corrected chi connectivity index (χ3v) is 3.43. The van der Waals surface area contributed by atoms with Crippen LogP contribution in [0.4, 0.5) is 0 Å². The summed E-state index contributed by atoms with van der Waals surface area (Å²) in [6.45, 7) is 4.29. The second kappa shape index (κ2) is 7.28. The van der Waals surface area contributed by atoms with Gasteiger partial charge in [0.25, 0.3) is 5.91 Å². The second-order valence-corrected chi connectivity index (χ2v) is 4.98. The molecule has 0 radical (unpaired) electrons. The highest BCUT2D eigenvalue weighted by Crippen LogP contribution is 2.29. The van der Waals surface area contributed by atoms with Crippen LogP contribution in [0.25, 0.3) is 0 Å². The molecule has 1 aromatic rings. The van der Waals surface area contributed by atoms with Gasteiger partial charge in [-0.1, -0.05) is 6.07 Å². The molecule has 0 spiro atoms. The molecule has 0 aliphatic carbocycles. The number of carbonyl (C=O) groups excluding carboxylic acids is 1. The van der Waals surface area contributed by atoms with E-state index in [9.17, 15) is 4.79 Å². The molecule has 2 rings (SSSR count). The monoisotopic (exact) mass is 294 g/mol. The lowest BCUT2D eigenvalue weighted by Crippen LogP contribution is -2.43. The van der Waals surface area contributed by atoms with Gasteiger partial charge < -0.3 is 24.8 Å². The Morgan fingerprint density at radius 3 is 2.71 bits per heavy atom. The molecule has 1 aliphatic rings. The minimum absolute atomic E-state index is 0.00607. The number of nitrogens with two attached hydrogens (primary N) is 1. The molecule has 21 heavy (non-hydrogen) atoms. The lowest BCUT2D eigenvalue weighted by molar-refractivity contribution is -0.137. The van der Waals surface area contributed by atoms with Crippen molar-refractivity contribution in [3.8, 4) is 11.5 Å². The van der Waals surface area contributed by atoms with Crippen molar-refractivity contribution in [3.05, 3.63) is 23.8 Å². The molecule has 0 saturated carbocycles. The Kier molecular flexibility index (Phi) is 5.41. The van der Waals surface area contributed by atoms with E-state index in [1.165, 1.54) is 0 Å². The number of amides is 1. The van der Waals surface area contributed by atoms with Crippen molar-refractivity contribution in [2.24, 2.45) is 5.73 Å². The van der Waals surface area contributed by atoms with E-state index < -0.39 is 0 Å². The van der Waals surface area contributed by atoms with Crippen LogP contribution in [0.15, 0.2) is 18.2 Å². The molecular formula is C15H22N2O4. The summed E-state index contributed by atoms with van der Waals surface area (Å²) in [7, 11) is 1.57. The smallest absolute Gasteiger partial charge is 0.260 e. The van der Waals surface area contributed by atoms with Crippen molar-refractivity contribution >= 4 is 5.91 Å². The fourth-order valence-corrected chi connectivity index (χ4v) is 2.13. The molecule has 1 atom stereocenters. The lowest BCUT2D eigenvalue weighted by atomic mass is 10.1. The maximum atomic E-state index is 12.0. The van der Waals surface area contributed by atoms with Crippen LogP contribution in [0.2, 0.25) is 0 Å². The molecule has 1 aliphatic heterocycles. The predicted octanol–water partition coefficient (Wildman–Crippen LogP) is 0.952. The van der Waals surface area contributed by atoms with Gasteiger partial charge in [-0.15, -0.1) is 0 Å². The summed E-state index contributed by atoms with van der Waals surface area (Å²) in [6.07, 6.45) is 0. The van der Waals surface area contributed by atoms with Gasteiger partial charge in [0.1, 0.15) is 0 Å². The van der Waals surface area contributed by atoms with Crippen molar-refractivity contribution in [2.75, 3.05) is 40.0 Å². The quantitative estimate of drug-likeness (QED) is 0.875. The Hall–Kier alpha value is -1.79. The minimum atomic E-state index is -0.0806. The normalized spacial score (nSPS) is 16.4. The van der Waals surface area contributed by atoms with Crippen LogP contribution >= 0.6 is 0 Å². The number of hydrogen-bond acceptors (Lipinski definition) is 5. The Bertz CT molecular complexity index is 485. The fraction of sp³-hybridized carbons (Fsp3) is 0.533. The molecule has 1 unspecified atom stereocenters. The van der Waals surface area contributed by atoms with Gasteiger partial charge in [0.2, 0.25) is 0 Å². The van der Waals surface area contributed by atoms with E-state index in [4.69, 9.17) is 19.9 Å². The maximum absolute atomic E-state index is 12.0. The number of carbonyl (C=O) groups is 1. The topological polar surface area (TPSA) is 74.0 Å². The predicted molar refractivity (Wildman–Crippen MR) is 78.5 cm³/mol. The van der Waals surface area contributed by atoms with Crippen LogP contribution in [0.3, 0.4) is 0 Å². The zero-order chi connectivity index (χ0) is 15.2. The molecule has 0 aromatic heterocycles. The Morgan fingerprint density at radius 2 is 2.10 bits per heavy atom. The van der Waals surface area contributed by atoms with Crippen molar-refractivity contribution in [1.82, 2.24) is 4.90 Å². The number of ether oxygens (including phenoxy) is 3. The summed E-state index contributed by atoms with van der Waals surface area (Å²) >= 11 is 0. The summed E-state index contributed by atoms with van der Waals surface area (Å²) < 4.78 is 16.1. The molecule has 0 bridgehead atoms. The van der Waals surface area contributed by atoms with E-state index in [-0.39, 0.29) is 18.6 Å². The fourth-order valence-electron chi connectivity index (χ4n) is 2.13. The van der Waals surface area contributed by atoms with Gasteiger partial charge in [-0.05, 0) is 24.6 Å². The molecule has 1 fully saturated rings. The standard InChI is InChI=1S/C15H22N2O4/c1-11(16)12-3-4-13(14(9-12)19-2)21-10-15(18)17-5-7-20-8-6-17/h3-4,9,11H,5-8,10,16H2,1-2H3. The molecule has 1 amide bonds. The van der Waals surface area contributed by atoms with Gasteiger partial charge in [-0.3, -0.25) is 4.79 Å². The summed E-state index contributed by atoms with van der Waals surface area (Å²) in [5.74, 6) is 1.08. The van der Waals surface area contributed by atoms with E-state index in [1.807, 2.05) is 19.1 Å². The van der Waals surface area contributed by atoms with Gasteiger partial charge in [0.05, 0.1) is 20.3 Å². The first-order chi connectivity index (χ1) is 10.1. The average molecular weight is 294 g/mol. The molecule has 6 nitrogen and oxygen atoms in total. The van der Waals surface area contributed by atoms with Gasteiger partial charge in [0, 0.05) is 19.1 Å². The van der Waals surface area contributed by atoms with Gasteiger partial charge >= 0.3 is 0 Å². The van der Waals surface area contributed by atoms with Crippen LogP contribution in [-0.2, 0) is 9.53 Å². The Labute approximate surface area is 124 Å². The lowest BCUT2D eigenvalue weighted by Gasteiger charge is -2.26. The summed E-state index contributed by atoms with van der Waals surface area (Å²) in [5, 5.41) is 0. The van der Waals surface area contributed by atoms with Crippen LogP contribution in [-0.4, -0.2) is 50.8 Å². The van der Waals surface area contributed by atoms with E-state index >= 15 is 0 Å². The zero-order valence-corrected chi connectivity index (χ0v) is 12.5. The first-order valence-corrected chi connectivity index (χ1v) is 7.03. The van der Waals surface area contributed by atoms with Gasteiger partial charge in [-0.2, -0.15) is 0 Å². The van der Waals surface area contributed by atoms with Crippen LogP contribution in [0, 0.1) is 0 Å². The number of rotatable bonds is 5. The van der Waals surface area contributed by atoms with Crippen LogP contribution in [0.5, 0.6) is 11.5 Å². The summed E-state index contributed by atoms with van der Waals surface area (Å²) in [5.41, 5.74) is 6.80. The molecular weight excluding hydrogens is 272 g/mol. The highest BCUT2D eigenvalue weighted by molar-refractivity contribution is 5.78. The second-order valence-electron chi connectivity index (χ2n) is 4.98. The molecule has 1 aromatic carbocycles. The van der Waals surface area contributed by atoms with Crippen LogP contribution < -0.4 is 15.2 Å². The van der Waals surface area contributed by atoms with E-state index in [1.54, 1.807) is 18.1 Å². The largest absolute Gasteiger partial charge is 0.493 e. The summed E-state index contributed by atoms with van der Waals surface area (Å²) in [6, 6.07) is 5.41. The number of benzene rings is 1. The first kappa shape index (κ1) is 15.6. The van der Waals surface area contributed by atoms with E-state index in [2.05, 4.69) is 0 Å². The van der Waals surface area contributed by atoms with Gasteiger partial charge in [-0.25, -0.2) is 0 Å². The third-order valence-electron chi connectivity index (χ3n) is 3.43. The Balaban J connectivity index is 1.97. The maximum Gasteiger partial charge on any atom is 0.260 e. The van der Waals surface area contributed by atoms with Crippen molar-refractivity contribution in [1.29, 1.82) is 0 Å². The van der Waals surface area contributed by atoms with E-state index in [0.29, 0.717) is 37.8 Å². The number of morpholine rings is 1. The third kappa shape index (κ3) is 4.09. The molecule has 1 saturated heterocycles. The molecule has 1 heterocycles. The van der Waals surface area contributed by atoms with Crippen molar-refractivity contribution < 1.29 is 19.0 Å². The van der Waals surface area contributed by atoms with Gasteiger partial charge in [0.15, 0.2) is 18.1 Å². The highest BCUT2D eigenvalue weighted by atomic mass is 16.5. The Morgan fingerprint density at radius 1 is 1.38 bits per heavy atom. The SMILES string of the molecule is COc1cc(C(C)N)ccc1OCC(=O)N1CCOCC1. The van der Waals surface area contributed by atoms with Crippen molar-refractivity contribution in [2.45, 2.75) is 13.0 Å². The average Bonchev–Trinajstić information content (AvgIpc) is 2.53. The van der Waals surface area contributed by atoms with E-state index in [0.717, 1.165) is 5.56 Å². The number of nitrogens with zero attached hydrogens (tertiary/aromatic N) is 1. The first-order valence-electron chi connectivity index (χ1n) is 7.03. The van der Waals surface area contributed by atoms with Crippen molar-refractivity contribution in [3.63, 3.8) is 0 Å². The minimum Gasteiger partial charge on any atom is -0.493 e. The molecule has 2 N–H and O–H groups in total. The number of hydrogen-bond donors (Lipinski definition) is 1. The summed E-state index contributed by atoms with van der Waals surface area (Å²) in [4.78, 5) is 13.8. The zero-order valence-electron chi connectivity index (χ0n) is 12.5. The highest BCUT2D eigenvalue weighted by Gasteiger charge is 2.18. The van der Waals surface area contributed by atoms with Crippen LogP contribution in [0.1, 0.15) is 18.5 Å². The molecule has 6 heteroatoms.